The molecular weight excluding hydrogens is 266 g/mol. The zero-order valence-electron chi connectivity index (χ0n) is 12.6. The molecule has 0 aliphatic heterocycles. The van der Waals surface area contributed by atoms with Gasteiger partial charge in [0.05, 0.1) is 13.7 Å². The number of carbonyl (C=O) groups excluding carboxylic acids is 1. The minimum absolute atomic E-state index is 0.349. The predicted octanol–water partition coefficient (Wildman–Crippen LogP) is 3.17. The van der Waals surface area contributed by atoms with Gasteiger partial charge in [0.1, 0.15) is 11.4 Å². The van der Waals surface area contributed by atoms with E-state index in [-0.39, 0.29) is 5.97 Å². The molecule has 2 rings (SSSR count). The van der Waals surface area contributed by atoms with Crippen LogP contribution in [0.4, 0.5) is 0 Å². The van der Waals surface area contributed by atoms with Gasteiger partial charge in [-0.1, -0.05) is 12.1 Å². The van der Waals surface area contributed by atoms with Crippen molar-refractivity contribution in [3.63, 3.8) is 0 Å². The van der Waals surface area contributed by atoms with Crippen LogP contribution >= 0.6 is 0 Å². The molecule has 21 heavy (non-hydrogen) atoms. The third-order valence-corrected chi connectivity index (χ3v) is 3.25. The van der Waals surface area contributed by atoms with E-state index in [1.165, 1.54) is 0 Å². The minimum Gasteiger partial charge on any atom is -0.497 e. The number of nitrogens with zero attached hydrogens (tertiary/aromatic N) is 1. The standard InChI is InChI=1S/C17H19NO3/c1-4-21-17(19)16-10-14(12(2)11-18-16)9-13-5-7-15(20-3)8-6-13/h5-8,10-11H,4,9H2,1-3H3. The molecule has 0 radical (unpaired) electrons. The highest BCUT2D eigenvalue weighted by Gasteiger charge is 2.11. The van der Waals surface area contributed by atoms with Crippen LogP contribution in [-0.2, 0) is 11.2 Å². The topological polar surface area (TPSA) is 48.4 Å². The number of pyridine rings is 1. The maximum absolute atomic E-state index is 11.7. The Hall–Kier alpha value is -2.36. The Morgan fingerprint density at radius 2 is 1.95 bits per heavy atom. The SMILES string of the molecule is CCOC(=O)c1cc(Cc2ccc(OC)cc2)c(C)cn1. The van der Waals surface area contributed by atoms with Crippen LogP contribution in [0.1, 0.15) is 34.1 Å². The first-order chi connectivity index (χ1) is 10.1. The summed E-state index contributed by atoms with van der Waals surface area (Å²) >= 11 is 0. The van der Waals surface area contributed by atoms with E-state index in [2.05, 4.69) is 4.98 Å². The van der Waals surface area contributed by atoms with Crippen LogP contribution in [0.15, 0.2) is 36.5 Å². The van der Waals surface area contributed by atoms with Gasteiger partial charge in [0, 0.05) is 6.20 Å². The van der Waals surface area contributed by atoms with E-state index in [1.807, 2.05) is 31.2 Å². The molecule has 0 spiro atoms. The Balaban J connectivity index is 2.21. The molecule has 2 aromatic rings. The van der Waals surface area contributed by atoms with Gasteiger partial charge in [0.15, 0.2) is 0 Å². The summed E-state index contributed by atoms with van der Waals surface area (Å²) in [4.78, 5) is 15.9. The highest BCUT2D eigenvalue weighted by molar-refractivity contribution is 5.87. The third kappa shape index (κ3) is 3.81. The van der Waals surface area contributed by atoms with Crippen molar-refractivity contribution in [2.75, 3.05) is 13.7 Å². The van der Waals surface area contributed by atoms with Crippen molar-refractivity contribution < 1.29 is 14.3 Å². The van der Waals surface area contributed by atoms with Crippen LogP contribution < -0.4 is 4.74 Å². The number of esters is 1. The van der Waals surface area contributed by atoms with Crippen molar-refractivity contribution in [2.45, 2.75) is 20.3 Å². The summed E-state index contributed by atoms with van der Waals surface area (Å²) in [6, 6.07) is 9.69. The van der Waals surface area contributed by atoms with Gasteiger partial charge < -0.3 is 9.47 Å². The van der Waals surface area contributed by atoms with Crippen LogP contribution in [0.5, 0.6) is 5.75 Å². The number of hydrogen-bond acceptors (Lipinski definition) is 4. The van der Waals surface area contributed by atoms with Gasteiger partial charge in [-0.3, -0.25) is 0 Å². The Labute approximate surface area is 124 Å². The number of aryl methyl sites for hydroxylation is 1. The fourth-order valence-corrected chi connectivity index (χ4v) is 2.04. The van der Waals surface area contributed by atoms with Crippen molar-refractivity contribution >= 4 is 5.97 Å². The molecule has 1 heterocycles. The Morgan fingerprint density at radius 3 is 2.57 bits per heavy atom. The van der Waals surface area contributed by atoms with Gasteiger partial charge in [-0.15, -0.1) is 0 Å². The Morgan fingerprint density at radius 1 is 1.24 bits per heavy atom. The summed E-state index contributed by atoms with van der Waals surface area (Å²) in [7, 11) is 1.65. The van der Waals surface area contributed by atoms with Gasteiger partial charge >= 0.3 is 5.97 Å². The molecule has 0 unspecified atom stereocenters. The molecule has 0 fully saturated rings. The maximum atomic E-state index is 11.7. The number of methoxy groups -OCH3 is 1. The summed E-state index contributed by atoms with van der Waals surface area (Å²) in [6.45, 7) is 4.12. The largest absolute Gasteiger partial charge is 0.497 e. The lowest BCUT2D eigenvalue weighted by Gasteiger charge is -2.09. The second kappa shape index (κ2) is 6.88. The van der Waals surface area contributed by atoms with E-state index in [0.717, 1.165) is 28.9 Å². The van der Waals surface area contributed by atoms with E-state index in [9.17, 15) is 4.79 Å². The predicted molar refractivity (Wildman–Crippen MR) is 80.7 cm³/mol. The summed E-state index contributed by atoms with van der Waals surface area (Å²) in [6.07, 6.45) is 2.45. The number of carbonyl (C=O) groups is 1. The summed E-state index contributed by atoms with van der Waals surface area (Å²) in [5.41, 5.74) is 3.63. The first kappa shape index (κ1) is 15.0. The van der Waals surface area contributed by atoms with Gasteiger partial charge in [-0.05, 0) is 55.2 Å². The van der Waals surface area contributed by atoms with E-state index >= 15 is 0 Å². The van der Waals surface area contributed by atoms with Crippen LogP contribution in [0.3, 0.4) is 0 Å². The van der Waals surface area contributed by atoms with Gasteiger partial charge in [-0.25, -0.2) is 9.78 Å². The summed E-state index contributed by atoms with van der Waals surface area (Å²) in [5, 5.41) is 0. The van der Waals surface area contributed by atoms with Crippen molar-refractivity contribution in [3.05, 3.63) is 58.9 Å². The molecule has 4 nitrogen and oxygen atoms in total. The lowest BCUT2D eigenvalue weighted by atomic mass is 10.0. The highest BCUT2D eigenvalue weighted by Crippen LogP contribution is 2.17. The molecule has 1 aromatic carbocycles. The average Bonchev–Trinajstić information content (AvgIpc) is 2.50. The first-order valence-corrected chi connectivity index (χ1v) is 6.89. The average molecular weight is 285 g/mol. The molecule has 0 saturated carbocycles. The van der Waals surface area contributed by atoms with Gasteiger partial charge in [0.2, 0.25) is 0 Å². The van der Waals surface area contributed by atoms with E-state index < -0.39 is 0 Å². The molecule has 0 aliphatic rings. The third-order valence-electron chi connectivity index (χ3n) is 3.25. The van der Waals surface area contributed by atoms with Gasteiger partial charge in [0.25, 0.3) is 0 Å². The van der Waals surface area contributed by atoms with Crippen molar-refractivity contribution in [1.82, 2.24) is 4.98 Å². The second-order valence-corrected chi connectivity index (χ2v) is 4.74. The van der Waals surface area contributed by atoms with Crippen molar-refractivity contribution in [3.8, 4) is 5.75 Å². The lowest BCUT2D eigenvalue weighted by Crippen LogP contribution is -2.08. The molecule has 110 valence electrons. The quantitative estimate of drug-likeness (QED) is 0.792. The molecule has 4 heteroatoms. The molecule has 0 amide bonds. The zero-order chi connectivity index (χ0) is 15.2. The number of rotatable bonds is 5. The molecule has 0 aliphatic carbocycles. The lowest BCUT2D eigenvalue weighted by molar-refractivity contribution is 0.0519. The smallest absolute Gasteiger partial charge is 0.356 e. The number of ether oxygens (including phenoxy) is 2. The monoisotopic (exact) mass is 285 g/mol. The molecular formula is C17H19NO3. The highest BCUT2D eigenvalue weighted by atomic mass is 16.5. The van der Waals surface area contributed by atoms with Gasteiger partial charge in [-0.2, -0.15) is 0 Å². The van der Waals surface area contributed by atoms with Crippen molar-refractivity contribution in [2.24, 2.45) is 0 Å². The number of hydrogen-bond donors (Lipinski definition) is 0. The molecule has 1 aromatic heterocycles. The van der Waals surface area contributed by atoms with Crippen LogP contribution in [-0.4, -0.2) is 24.7 Å². The van der Waals surface area contributed by atoms with E-state index in [4.69, 9.17) is 9.47 Å². The molecule has 0 atom stereocenters. The zero-order valence-corrected chi connectivity index (χ0v) is 12.6. The second-order valence-electron chi connectivity index (χ2n) is 4.74. The fourth-order valence-electron chi connectivity index (χ4n) is 2.04. The van der Waals surface area contributed by atoms with Crippen molar-refractivity contribution in [1.29, 1.82) is 0 Å². The van der Waals surface area contributed by atoms with Crippen LogP contribution in [0.2, 0.25) is 0 Å². The number of aromatic nitrogens is 1. The Bertz CT molecular complexity index is 620. The first-order valence-electron chi connectivity index (χ1n) is 6.89. The van der Waals surface area contributed by atoms with Crippen LogP contribution in [0, 0.1) is 6.92 Å². The normalized spacial score (nSPS) is 10.2. The van der Waals surface area contributed by atoms with E-state index in [0.29, 0.717) is 12.3 Å². The van der Waals surface area contributed by atoms with E-state index in [1.54, 1.807) is 26.3 Å². The maximum Gasteiger partial charge on any atom is 0.356 e. The fraction of sp³-hybridized carbons (Fsp3) is 0.294. The summed E-state index contributed by atoms with van der Waals surface area (Å²) < 4.78 is 10.1. The van der Waals surface area contributed by atoms with Crippen LogP contribution in [0.25, 0.3) is 0 Å². The summed E-state index contributed by atoms with van der Waals surface area (Å²) in [5.74, 6) is 0.450. The molecule has 0 saturated heterocycles. The number of benzene rings is 1. The Kier molecular flexibility index (Phi) is 4.93. The molecule has 0 bridgehead atoms. The minimum atomic E-state index is -0.381. The molecule has 0 N–H and O–H groups in total.